The number of unbranched alkanes of at least 4 members (excludes halogenated alkanes) is 2. The Hall–Kier alpha value is -0.330. The van der Waals surface area contributed by atoms with Crippen LogP contribution >= 0.6 is 34.2 Å². The van der Waals surface area contributed by atoms with Gasteiger partial charge in [0.05, 0.1) is 16.9 Å². The molecule has 0 saturated heterocycles. The van der Waals surface area contributed by atoms with E-state index in [-0.39, 0.29) is 0 Å². The van der Waals surface area contributed by atoms with E-state index in [4.69, 9.17) is 16.3 Å². The van der Waals surface area contributed by atoms with Crippen LogP contribution in [0.3, 0.4) is 0 Å². The van der Waals surface area contributed by atoms with E-state index < -0.39 is 0 Å². The first-order valence-electron chi connectivity index (χ1n) is 6.46. The maximum Gasteiger partial charge on any atom is 0.124 e. The molecule has 1 aromatic heterocycles. The Morgan fingerprint density at radius 2 is 2.16 bits per heavy atom. The monoisotopic (exact) mass is 392 g/mol. The van der Waals surface area contributed by atoms with Crippen molar-refractivity contribution in [1.82, 2.24) is 9.55 Å². The number of fused-ring (bicyclic) bond motifs is 1. The molecular formula is C14H18ClIN2O. The van der Waals surface area contributed by atoms with Crippen LogP contribution < -0.4 is 0 Å². The summed E-state index contributed by atoms with van der Waals surface area (Å²) in [5.74, 6) is 1.42. The van der Waals surface area contributed by atoms with Gasteiger partial charge in [0.2, 0.25) is 0 Å². The highest BCUT2D eigenvalue weighted by molar-refractivity contribution is 14.1. The molecule has 19 heavy (non-hydrogen) atoms. The summed E-state index contributed by atoms with van der Waals surface area (Å²) >= 11 is 8.31. The molecule has 0 amide bonds. The van der Waals surface area contributed by atoms with Crippen LogP contribution in [0.25, 0.3) is 11.0 Å². The molecule has 2 aromatic rings. The van der Waals surface area contributed by atoms with Gasteiger partial charge in [-0.25, -0.2) is 4.98 Å². The number of rotatable bonds is 7. The van der Waals surface area contributed by atoms with E-state index in [1.165, 1.54) is 15.5 Å². The number of nitrogens with zero attached hydrogens (tertiary/aromatic N) is 2. The summed E-state index contributed by atoms with van der Waals surface area (Å²) in [5.41, 5.74) is 2.22. The van der Waals surface area contributed by atoms with Gasteiger partial charge in [0.15, 0.2) is 0 Å². The SMILES string of the molecule is COCCCCCn1c(CCl)nc2cc(I)ccc21. The number of methoxy groups -OCH3 is 1. The lowest BCUT2D eigenvalue weighted by Crippen LogP contribution is -2.03. The van der Waals surface area contributed by atoms with Crippen LogP contribution in [0.15, 0.2) is 18.2 Å². The summed E-state index contributed by atoms with van der Waals surface area (Å²) in [6.45, 7) is 1.81. The van der Waals surface area contributed by atoms with Gasteiger partial charge in [-0.2, -0.15) is 0 Å². The predicted octanol–water partition coefficient (Wildman–Crippen LogP) is 4.20. The fraction of sp³-hybridized carbons (Fsp3) is 0.500. The Morgan fingerprint density at radius 1 is 1.32 bits per heavy atom. The van der Waals surface area contributed by atoms with Gasteiger partial charge in [-0.15, -0.1) is 11.6 Å². The lowest BCUT2D eigenvalue weighted by molar-refractivity contribution is 0.191. The van der Waals surface area contributed by atoms with Crippen LogP contribution in [-0.4, -0.2) is 23.3 Å². The first kappa shape index (κ1) is 15.1. The highest BCUT2D eigenvalue weighted by Gasteiger charge is 2.09. The van der Waals surface area contributed by atoms with Crippen molar-refractivity contribution < 1.29 is 4.74 Å². The number of hydrogen-bond acceptors (Lipinski definition) is 2. The van der Waals surface area contributed by atoms with Gasteiger partial charge in [-0.3, -0.25) is 0 Å². The molecule has 3 nitrogen and oxygen atoms in total. The molecule has 0 aliphatic rings. The van der Waals surface area contributed by atoms with Crippen LogP contribution in [0.4, 0.5) is 0 Å². The summed E-state index contributed by atoms with van der Waals surface area (Å²) in [6, 6.07) is 6.35. The van der Waals surface area contributed by atoms with E-state index in [0.717, 1.165) is 37.3 Å². The number of hydrogen-bond donors (Lipinski definition) is 0. The van der Waals surface area contributed by atoms with Gasteiger partial charge in [-0.1, -0.05) is 0 Å². The molecule has 1 aromatic carbocycles. The summed E-state index contributed by atoms with van der Waals surface area (Å²) in [7, 11) is 1.75. The van der Waals surface area contributed by atoms with E-state index >= 15 is 0 Å². The number of alkyl halides is 1. The van der Waals surface area contributed by atoms with Gasteiger partial charge in [0.1, 0.15) is 5.82 Å². The summed E-state index contributed by atoms with van der Waals surface area (Å²) < 4.78 is 8.51. The highest BCUT2D eigenvalue weighted by Crippen LogP contribution is 2.21. The quantitative estimate of drug-likeness (QED) is 0.401. The second-order valence-corrected chi connectivity index (χ2v) is 6.01. The molecule has 2 rings (SSSR count). The zero-order valence-electron chi connectivity index (χ0n) is 11.0. The lowest BCUT2D eigenvalue weighted by atomic mass is 10.2. The fourth-order valence-electron chi connectivity index (χ4n) is 2.20. The first-order valence-corrected chi connectivity index (χ1v) is 8.07. The molecule has 0 radical (unpaired) electrons. The largest absolute Gasteiger partial charge is 0.385 e. The zero-order valence-corrected chi connectivity index (χ0v) is 13.9. The number of benzene rings is 1. The van der Waals surface area contributed by atoms with E-state index in [1.54, 1.807) is 7.11 Å². The molecule has 0 aliphatic carbocycles. The van der Waals surface area contributed by atoms with Crippen molar-refractivity contribution in [1.29, 1.82) is 0 Å². The van der Waals surface area contributed by atoms with Crippen molar-refractivity contribution in [3.63, 3.8) is 0 Å². The molecule has 1 heterocycles. The molecule has 0 aliphatic heterocycles. The van der Waals surface area contributed by atoms with Crippen LogP contribution in [-0.2, 0) is 17.2 Å². The Morgan fingerprint density at radius 3 is 2.89 bits per heavy atom. The molecule has 0 fully saturated rings. The van der Waals surface area contributed by atoms with E-state index in [1.807, 2.05) is 0 Å². The standard InChI is InChI=1S/C14H18ClIN2O/c1-19-8-4-2-3-7-18-13-6-5-11(16)9-12(13)17-14(18)10-15/h5-6,9H,2-4,7-8,10H2,1H3. The Balaban J connectivity index is 2.11. The van der Waals surface area contributed by atoms with Crippen molar-refractivity contribution in [3.8, 4) is 0 Å². The molecule has 5 heteroatoms. The second kappa shape index (κ2) is 7.45. The molecule has 0 unspecified atom stereocenters. The molecule has 104 valence electrons. The summed E-state index contributed by atoms with van der Waals surface area (Å²) in [5, 5.41) is 0. The van der Waals surface area contributed by atoms with Crippen LogP contribution in [0.2, 0.25) is 0 Å². The number of imidazole rings is 1. The topological polar surface area (TPSA) is 27.1 Å². The molecule has 0 N–H and O–H groups in total. The van der Waals surface area contributed by atoms with Crippen LogP contribution in [0.5, 0.6) is 0 Å². The van der Waals surface area contributed by atoms with Gasteiger partial charge in [0, 0.05) is 23.8 Å². The second-order valence-electron chi connectivity index (χ2n) is 4.50. The number of aromatic nitrogens is 2. The minimum atomic E-state index is 0.462. The fourth-order valence-corrected chi connectivity index (χ4v) is 2.88. The summed E-state index contributed by atoms with van der Waals surface area (Å²) in [6.07, 6.45) is 3.40. The van der Waals surface area contributed by atoms with Crippen molar-refractivity contribution in [2.75, 3.05) is 13.7 Å². The van der Waals surface area contributed by atoms with Crippen molar-refractivity contribution in [2.24, 2.45) is 0 Å². The normalized spacial score (nSPS) is 11.3. The van der Waals surface area contributed by atoms with Crippen molar-refractivity contribution >= 4 is 45.2 Å². The van der Waals surface area contributed by atoms with Gasteiger partial charge >= 0.3 is 0 Å². The number of aryl methyl sites for hydroxylation is 1. The Bertz CT molecular complexity index is 541. The predicted molar refractivity (Wildman–Crippen MR) is 87.7 cm³/mol. The van der Waals surface area contributed by atoms with Crippen LogP contribution in [0.1, 0.15) is 25.1 Å². The van der Waals surface area contributed by atoms with Crippen LogP contribution in [0, 0.1) is 3.57 Å². The van der Waals surface area contributed by atoms with Gasteiger partial charge < -0.3 is 9.30 Å². The Labute approximate surface area is 132 Å². The van der Waals surface area contributed by atoms with E-state index in [0.29, 0.717) is 5.88 Å². The van der Waals surface area contributed by atoms with E-state index in [9.17, 15) is 0 Å². The van der Waals surface area contributed by atoms with Gasteiger partial charge in [-0.05, 0) is 60.1 Å². The molecule has 0 bridgehead atoms. The minimum Gasteiger partial charge on any atom is -0.385 e. The van der Waals surface area contributed by atoms with E-state index in [2.05, 4.69) is 50.3 Å². The number of halogens is 2. The molecular weight excluding hydrogens is 375 g/mol. The maximum absolute atomic E-state index is 6.00. The maximum atomic E-state index is 6.00. The lowest BCUT2D eigenvalue weighted by Gasteiger charge is -2.07. The minimum absolute atomic E-state index is 0.462. The zero-order chi connectivity index (χ0) is 13.7. The third-order valence-corrected chi connectivity index (χ3v) is 4.05. The number of ether oxygens (including phenoxy) is 1. The third kappa shape index (κ3) is 3.83. The first-order chi connectivity index (χ1) is 9.26. The molecule has 0 saturated carbocycles. The average Bonchev–Trinajstić information content (AvgIpc) is 2.75. The molecule has 0 spiro atoms. The Kier molecular flexibility index (Phi) is 5.91. The van der Waals surface area contributed by atoms with Crippen molar-refractivity contribution in [3.05, 3.63) is 27.6 Å². The van der Waals surface area contributed by atoms with Gasteiger partial charge in [0.25, 0.3) is 0 Å². The molecule has 0 atom stereocenters. The average molecular weight is 393 g/mol. The smallest absolute Gasteiger partial charge is 0.124 e. The highest BCUT2D eigenvalue weighted by atomic mass is 127. The third-order valence-electron chi connectivity index (χ3n) is 3.14. The summed E-state index contributed by atoms with van der Waals surface area (Å²) in [4.78, 5) is 4.61. The van der Waals surface area contributed by atoms with Crippen molar-refractivity contribution in [2.45, 2.75) is 31.7 Å².